The molecule has 0 saturated carbocycles. The molecular formula is C16H24O2Si. The predicted molar refractivity (Wildman–Crippen MR) is 82.9 cm³/mol. The predicted octanol–water partition coefficient (Wildman–Crippen LogP) is 4.20. The quantitative estimate of drug-likeness (QED) is 0.606. The fourth-order valence-corrected chi connectivity index (χ4v) is 2.37. The Labute approximate surface area is 118 Å². The summed E-state index contributed by atoms with van der Waals surface area (Å²) in [6.45, 7) is 11.7. The van der Waals surface area contributed by atoms with Gasteiger partial charge in [-0.3, -0.25) is 0 Å². The molecule has 104 valence electrons. The minimum atomic E-state index is -1.75. The molecule has 0 saturated heterocycles. The maximum atomic E-state index is 6.20. The molecule has 0 aliphatic heterocycles. The lowest BCUT2D eigenvalue weighted by molar-refractivity contribution is 0.276. The molecule has 0 spiro atoms. The molecule has 0 radical (unpaired) electrons. The van der Waals surface area contributed by atoms with Crippen molar-refractivity contribution in [2.45, 2.75) is 45.5 Å². The molecule has 0 heterocycles. The lowest BCUT2D eigenvalue weighted by Crippen LogP contribution is -2.40. The second-order valence-corrected chi connectivity index (χ2v) is 11.0. The number of terminal acetylenes is 1. The van der Waals surface area contributed by atoms with Crippen LogP contribution in [-0.4, -0.2) is 15.4 Å². The third kappa shape index (κ3) is 3.86. The van der Waals surface area contributed by atoms with Crippen LogP contribution in [0.5, 0.6) is 5.75 Å². The fourth-order valence-electron chi connectivity index (χ4n) is 1.42. The summed E-state index contributed by atoms with van der Waals surface area (Å²) in [6, 6.07) is 5.79. The largest absolute Gasteiger partial charge is 0.497 e. The molecule has 0 aliphatic carbocycles. The summed E-state index contributed by atoms with van der Waals surface area (Å²) in [5, 5.41) is 0.204. The third-order valence-corrected chi connectivity index (χ3v) is 8.35. The first kappa shape index (κ1) is 15.8. The van der Waals surface area contributed by atoms with Crippen LogP contribution in [-0.2, 0) is 11.0 Å². The summed E-state index contributed by atoms with van der Waals surface area (Å²) in [5.41, 5.74) is 1.89. The van der Waals surface area contributed by atoms with E-state index in [1.165, 1.54) is 0 Å². The van der Waals surface area contributed by atoms with Gasteiger partial charge in [-0.25, -0.2) is 0 Å². The van der Waals surface area contributed by atoms with Crippen molar-refractivity contribution < 1.29 is 9.16 Å². The van der Waals surface area contributed by atoms with E-state index in [9.17, 15) is 0 Å². The molecule has 0 atom stereocenters. The fraction of sp³-hybridized carbons (Fsp3) is 0.500. The van der Waals surface area contributed by atoms with Crippen molar-refractivity contribution in [1.82, 2.24) is 0 Å². The minimum Gasteiger partial charge on any atom is -0.497 e. The van der Waals surface area contributed by atoms with Gasteiger partial charge in [-0.1, -0.05) is 32.8 Å². The molecule has 0 bridgehead atoms. The van der Waals surface area contributed by atoms with Crippen LogP contribution in [0, 0.1) is 12.3 Å². The summed E-state index contributed by atoms with van der Waals surface area (Å²) in [5.74, 6) is 3.48. The summed E-state index contributed by atoms with van der Waals surface area (Å²) >= 11 is 0. The first-order valence-electron chi connectivity index (χ1n) is 6.49. The third-order valence-electron chi connectivity index (χ3n) is 3.87. The maximum Gasteiger partial charge on any atom is 0.192 e. The van der Waals surface area contributed by atoms with E-state index in [0.717, 1.165) is 16.9 Å². The zero-order valence-electron chi connectivity index (χ0n) is 12.8. The molecule has 1 rings (SSSR count). The van der Waals surface area contributed by atoms with Gasteiger partial charge in [-0.2, -0.15) is 0 Å². The van der Waals surface area contributed by atoms with Crippen molar-refractivity contribution in [3.05, 3.63) is 29.3 Å². The monoisotopic (exact) mass is 276 g/mol. The highest BCUT2D eigenvalue weighted by atomic mass is 28.4. The van der Waals surface area contributed by atoms with Gasteiger partial charge in [0.2, 0.25) is 0 Å². The Morgan fingerprint density at radius 2 is 1.89 bits per heavy atom. The Kier molecular flexibility index (Phi) is 4.84. The molecular weight excluding hydrogens is 252 g/mol. The van der Waals surface area contributed by atoms with Gasteiger partial charge in [-0.05, 0) is 35.8 Å². The van der Waals surface area contributed by atoms with Crippen LogP contribution >= 0.6 is 0 Å². The van der Waals surface area contributed by atoms with E-state index < -0.39 is 8.32 Å². The van der Waals surface area contributed by atoms with E-state index in [4.69, 9.17) is 15.6 Å². The lowest BCUT2D eigenvalue weighted by atomic mass is 10.1. The number of benzene rings is 1. The van der Waals surface area contributed by atoms with Crippen molar-refractivity contribution in [2.75, 3.05) is 7.11 Å². The standard InChI is InChI=1S/C16H24O2Si/c1-8-13-11-15(17-5)10-9-14(13)12-18-19(6,7)16(2,3)4/h1,9-11H,12H2,2-7H3. The second-order valence-electron chi connectivity index (χ2n) is 6.22. The zero-order chi connectivity index (χ0) is 14.7. The van der Waals surface area contributed by atoms with Gasteiger partial charge in [0.05, 0.1) is 13.7 Å². The molecule has 3 heteroatoms. The Balaban J connectivity index is 2.87. The normalized spacial score (nSPS) is 12.1. The number of rotatable bonds is 4. The molecule has 0 amide bonds. The highest BCUT2D eigenvalue weighted by molar-refractivity contribution is 6.74. The van der Waals surface area contributed by atoms with Crippen molar-refractivity contribution in [3.8, 4) is 18.1 Å². The van der Waals surface area contributed by atoms with Gasteiger partial charge in [0.1, 0.15) is 5.75 Å². The average molecular weight is 276 g/mol. The van der Waals surface area contributed by atoms with Crippen LogP contribution in [0.15, 0.2) is 18.2 Å². The number of hydrogen-bond acceptors (Lipinski definition) is 2. The summed E-state index contributed by atoms with van der Waals surface area (Å²) in [4.78, 5) is 0. The van der Waals surface area contributed by atoms with Crippen LogP contribution in [0.3, 0.4) is 0 Å². The highest BCUT2D eigenvalue weighted by Gasteiger charge is 2.37. The van der Waals surface area contributed by atoms with Gasteiger partial charge in [-0.15, -0.1) is 6.42 Å². The summed E-state index contributed by atoms with van der Waals surface area (Å²) in [6.07, 6.45) is 5.55. The number of methoxy groups -OCH3 is 1. The Hall–Kier alpha value is -1.24. The molecule has 0 unspecified atom stereocenters. The smallest absolute Gasteiger partial charge is 0.192 e. The summed E-state index contributed by atoms with van der Waals surface area (Å²) in [7, 11) is -0.105. The van der Waals surface area contributed by atoms with E-state index in [1.807, 2.05) is 18.2 Å². The van der Waals surface area contributed by atoms with E-state index in [0.29, 0.717) is 6.61 Å². The minimum absolute atomic E-state index is 0.204. The summed E-state index contributed by atoms with van der Waals surface area (Å²) < 4.78 is 11.4. The molecule has 0 aliphatic rings. The number of ether oxygens (including phenoxy) is 1. The Bertz CT molecular complexity index is 479. The molecule has 0 aromatic heterocycles. The molecule has 0 N–H and O–H groups in total. The first-order valence-corrected chi connectivity index (χ1v) is 9.39. The van der Waals surface area contributed by atoms with Crippen molar-refractivity contribution in [1.29, 1.82) is 0 Å². The lowest BCUT2D eigenvalue weighted by Gasteiger charge is -2.36. The van der Waals surface area contributed by atoms with Crippen molar-refractivity contribution >= 4 is 8.32 Å². The van der Waals surface area contributed by atoms with Gasteiger partial charge in [0.25, 0.3) is 0 Å². The maximum absolute atomic E-state index is 6.20. The Morgan fingerprint density at radius 3 is 2.37 bits per heavy atom. The van der Waals surface area contributed by atoms with Crippen LogP contribution in [0.25, 0.3) is 0 Å². The van der Waals surface area contributed by atoms with Crippen LogP contribution in [0.4, 0.5) is 0 Å². The highest BCUT2D eigenvalue weighted by Crippen LogP contribution is 2.37. The van der Waals surface area contributed by atoms with Crippen LogP contribution < -0.4 is 4.74 Å². The average Bonchev–Trinajstić information content (AvgIpc) is 2.34. The molecule has 0 fully saturated rings. The van der Waals surface area contributed by atoms with Crippen LogP contribution in [0.2, 0.25) is 18.1 Å². The van der Waals surface area contributed by atoms with Crippen LogP contribution in [0.1, 0.15) is 31.9 Å². The second kappa shape index (κ2) is 5.81. The van der Waals surface area contributed by atoms with Gasteiger partial charge in [0.15, 0.2) is 8.32 Å². The topological polar surface area (TPSA) is 18.5 Å². The molecule has 19 heavy (non-hydrogen) atoms. The van der Waals surface area contributed by atoms with E-state index >= 15 is 0 Å². The SMILES string of the molecule is C#Cc1cc(OC)ccc1CO[Si](C)(C)C(C)(C)C. The van der Waals surface area contributed by atoms with E-state index in [-0.39, 0.29) is 5.04 Å². The number of hydrogen-bond donors (Lipinski definition) is 0. The van der Waals surface area contributed by atoms with Crippen molar-refractivity contribution in [3.63, 3.8) is 0 Å². The Morgan fingerprint density at radius 1 is 1.26 bits per heavy atom. The van der Waals surface area contributed by atoms with Crippen molar-refractivity contribution in [2.24, 2.45) is 0 Å². The molecule has 2 nitrogen and oxygen atoms in total. The van der Waals surface area contributed by atoms with E-state index in [2.05, 4.69) is 39.8 Å². The first-order chi connectivity index (χ1) is 8.71. The van der Waals surface area contributed by atoms with Gasteiger partial charge < -0.3 is 9.16 Å². The van der Waals surface area contributed by atoms with Gasteiger partial charge >= 0.3 is 0 Å². The molecule has 1 aromatic rings. The van der Waals surface area contributed by atoms with Gasteiger partial charge in [0, 0.05) is 5.56 Å². The van der Waals surface area contributed by atoms with E-state index in [1.54, 1.807) is 7.11 Å². The molecule has 1 aromatic carbocycles. The zero-order valence-corrected chi connectivity index (χ0v) is 13.8.